The molecule has 1 aliphatic carbocycles. The fraction of sp³-hybridized carbons (Fsp3) is 0.429. The standard InChI is InChI=1S/C14H16BrNO3/c1-9-10(5-4-6-11(9)15)12(17)16-14(13(18)19)7-2-3-8-14/h4-6H,2-3,7-8H2,1H3,(H,16,17)(H,18,19). The zero-order valence-electron chi connectivity index (χ0n) is 10.7. The molecule has 4 nitrogen and oxygen atoms in total. The fourth-order valence-electron chi connectivity index (χ4n) is 2.51. The molecule has 2 rings (SSSR count). The third kappa shape index (κ3) is 2.66. The first-order valence-corrected chi connectivity index (χ1v) is 7.06. The highest BCUT2D eigenvalue weighted by Crippen LogP contribution is 2.30. The molecule has 0 heterocycles. The molecule has 0 radical (unpaired) electrons. The Morgan fingerprint density at radius 1 is 1.32 bits per heavy atom. The zero-order chi connectivity index (χ0) is 14.0. The van der Waals surface area contributed by atoms with Crippen molar-refractivity contribution < 1.29 is 14.7 Å². The quantitative estimate of drug-likeness (QED) is 0.897. The molecule has 5 heteroatoms. The largest absolute Gasteiger partial charge is 0.480 e. The second-order valence-electron chi connectivity index (χ2n) is 4.96. The number of halogens is 1. The minimum Gasteiger partial charge on any atom is -0.480 e. The van der Waals surface area contributed by atoms with E-state index in [1.807, 2.05) is 13.0 Å². The number of carbonyl (C=O) groups excluding carboxylic acids is 1. The van der Waals surface area contributed by atoms with Crippen molar-refractivity contribution in [3.05, 3.63) is 33.8 Å². The molecule has 1 aliphatic rings. The molecule has 0 spiro atoms. The number of nitrogens with one attached hydrogen (secondary N) is 1. The van der Waals surface area contributed by atoms with Crippen LogP contribution in [0.1, 0.15) is 41.6 Å². The number of hydrogen-bond acceptors (Lipinski definition) is 2. The van der Waals surface area contributed by atoms with Crippen LogP contribution < -0.4 is 5.32 Å². The molecule has 0 saturated heterocycles. The van der Waals surface area contributed by atoms with E-state index in [1.54, 1.807) is 12.1 Å². The van der Waals surface area contributed by atoms with Gasteiger partial charge in [0.15, 0.2) is 0 Å². The Bertz CT molecular complexity index is 521. The lowest BCUT2D eigenvalue weighted by molar-refractivity contribution is -0.144. The predicted octanol–water partition coefficient (Wildman–Crippen LogP) is 2.88. The van der Waals surface area contributed by atoms with Crippen molar-refractivity contribution in [1.29, 1.82) is 0 Å². The number of benzene rings is 1. The summed E-state index contributed by atoms with van der Waals surface area (Å²) in [6.07, 6.45) is 2.68. The SMILES string of the molecule is Cc1c(Br)cccc1C(=O)NC1(C(=O)O)CCCC1. The zero-order valence-corrected chi connectivity index (χ0v) is 12.3. The van der Waals surface area contributed by atoms with Crippen LogP contribution >= 0.6 is 15.9 Å². The second-order valence-corrected chi connectivity index (χ2v) is 5.82. The first-order valence-electron chi connectivity index (χ1n) is 6.27. The molecule has 1 aromatic rings. The van der Waals surface area contributed by atoms with Gasteiger partial charge < -0.3 is 10.4 Å². The average Bonchev–Trinajstić information content (AvgIpc) is 2.82. The molecule has 1 amide bonds. The summed E-state index contributed by atoms with van der Waals surface area (Å²) in [4.78, 5) is 23.7. The van der Waals surface area contributed by atoms with E-state index in [2.05, 4.69) is 21.2 Å². The van der Waals surface area contributed by atoms with E-state index >= 15 is 0 Å². The van der Waals surface area contributed by atoms with E-state index in [0.29, 0.717) is 18.4 Å². The van der Waals surface area contributed by atoms with Gasteiger partial charge in [0.2, 0.25) is 0 Å². The van der Waals surface area contributed by atoms with Gasteiger partial charge in [-0.2, -0.15) is 0 Å². The van der Waals surface area contributed by atoms with Crippen molar-refractivity contribution in [3.63, 3.8) is 0 Å². The van der Waals surface area contributed by atoms with E-state index < -0.39 is 11.5 Å². The smallest absolute Gasteiger partial charge is 0.329 e. The Hall–Kier alpha value is -1.36. The molecule has 19 heavy (non-hydrogen) atoms. The summed E-state index contributed by atoms with van der Waals surface area (Å²) in [7, 11) is 0. The van der Waals surface area contributed by atoms with Gasteiger partial charge in [-0.05, 0) is 37.5 Å². The molecule has 2 N–H and O–H groups in total. The molecule has 0 bridgehead atoms. The van der Waals surface area contributed by atoms with Crippen molar-refractivity contribution in [2.75, 3.05) is 0 Å². The van der Waals surface area contributed by atoms with Crippen LogP contribution in [0.2, 0.25) is 0 Å². The number of hydrogen-bond donors (Lipinski definition) is 2. The van der Waals surface area contributed by atoms with Gasteiger partial charge in [0.05, 0.1) is 0 Å². The number of carbonyl (C=O) groups is 2. The summed E-state index contributed by atoms with van der Waals surface area (Å²) < 4.78 is 0.843. The van der Waals surface area contributed by atoms with Gasteiger partial charge in [0.1, 0.15) is 5.54 Å². The lowest BCUT2D eigenvalue weighted by Gasteiger charge is -2.25. The molecule has 1 saturated carbocycles. The Morgan fingerprint density at radius 2 is 1.95 bits per heavy atom. The molecule has 0 unspecified atom stereocenters. The van der Waals surface area contributed by atoms with Gasteiger partial charge in [-0.25, -0.2) is 4.79 Å². The van der Waals surface area contributed by atoms with Crippen molar-refractivity contribution in [1.82, 2.24) is 5.32 Å². The van der Waals surface area contributed by atoms with Crippen LogP contribution in [0.25, 0.3) is 0 Å². The van der Waals surface area contributed by atoms with Crippen LogP contribution in [-0.2, 0) is 4.79 Å². The third-order valence-electron chi connectivity index (χ3n) is 3.73. The topological polar surface area (TPSA) is 66.4 Å². The summed E-state index contributed by atoms with van der Waals surface area (Å²) >= 11 is 3.37. The van der Waals surface area contributed by atoms with Crippen LogP contribution in [0.5, 0.6) is 0 Å². The summed E-state index contributed by atoms with van der Waals surface area (Å²) in [5, 5.41) is 12.1. The maximum Gasteiger partial charge on any atom is 0.329 e. The summed E-state index contributed by atoms with van der Waals surface area (Å²) in [5.74, 6) is -1.26. The van der Waals surface area contributed by atoms with E-state index in [9.17, 15) is 14.7 Å². The van der Waals surface area contributed by atoms with Crippen molar-refractivity contribution in [2.24, 2.45) is 0 Å². The van der Waals surface area contributed by atoms with Gasteiger partial charge in [0, 0.05) is 10.0 Å². The maximum atomic E-state index is 12.3. The van der Waals surface area contributed by atoms with Crippen LogP contribution in [-0.4, -0.2) is 22.5 Å². The number of carboxylic acid groups (broad SMARTS) is 1. The Morgan fingerprint density at radius 3 is 2.53 bits per heavy atom. The molecule has 0 aliphatic heterocycles. The highest BCUT2D eigenvalue weighted by atomic mass is 79.9. The van der Waals surface area contributed by atoms with Crippen LogP contribution in [0.3, 0.4) is 0 Å². The van der Waals surface area contributed by atoms with Gasteiger partial charge in [0.25, 0.3) is 5.91 Å². The van der Waals surface area contributed by atoms with E-state index in [1.165, 1.54) is 0 Å². The number of amides is 1. The Balaban J connectivity index is 2.25. The van der Waals surface area contributed by atoms with Crippen molar-refractivity contribution in [3.8, 4) is 0 Å². The number of carboxylic acids is 1. The number of rotatable bonds is 3. The summed E-state index contributed by atoms with van der Waals surface area (Å²) in [6, 6.07) is 5.34. The lowest BCUT2D eigenvalue weighted by Crippen LogP contribution is -2.52. The Labute approximate surface area is 120 Å². The summed E-state index contributed by atoms with van der Waals surface area (Å²) in [6.45, 7) is 1.83. The molecule has 102 valence electrons. The molecular weight excluding hydrogens is 310 g/mol. The molecule has 0 aromatic heterocycles. The van der Waals surface area contributed by atoms with E-state index in [0.717, 1.165) is 22.9 Å². The first-order chi connectivity index (χ1) is 8.96. The van der Waals surface area contributed by atoms with Crippen LogP contribution in [0.4, 0.5) is 0 Å². The first kappa shape index (κ1) is 14.1. The average molecular weight is 326 g/mol. The molecule has 1 fully saturated rings. The molecule has 1 aromatic carbocycles. The second kappa shape index (κ2) is 5.33. The monoisotopic (exact) mass is 325 g/mol. The minimum atomic E-state index is -1.09. The Kier molecular flexibility index (Phi) is 3.94. The van der Waals surface area contributed by atoms with Gasteiger partial charge in [-0.15, -0.1) is 0 Å². The predicted molar refractivity (Wildman–Crippen MR) is 75.2 cm³/mol. The number of aliphatic carboxylic acids is 1. The lowest BCUT2D eigenvalue weighted by atomic mass is 9.96. The van der Waals surface area contributed by atoms with E-state index in [-0.39, 0.29) is 5.91 Å². The molecule has 0 atom stereocenters. The minimum absolute atomic E-state index is 0.317. The molecular formula is C14H16BrNO3. The maximum absolute atomic E-state index is 12.3. The van der Waals surface area contributed by atoms with Gasteiger partial charge in [-0.1, -0.05) is 34.8 Å². The summed E-state index contributed by atoms with van der Waals surface area (Å²) in [5.41, 5.74) is 0.242. The highest BCUT2D eigenvalue weighted by Gasteiger charge is 2.42. The fourth-order valence-corrected chi connectivity index (χ4v) is 2.88. The van der Waals surface area contributed by atoms with Gasteiger partial charge >= 0.3 is 5.97 Å². The third-order valence-corrected chi connectivity index (χ3v) is 4.59. The highest BCUT2D eigenvalue weighted by molar-refractivity contribution is 9.10. The normalized spacial score (nSPS) is 17.2. The van der Waals surface area contributed by atoms with Crippen molar-refractivity contribution >= 4 is 27.8 Å². The van der Waals surface area contributed by atoms with Crippen LogP contribution in [0, 0.1) is 6.92 Å². The van der Waals surface area contributed by atoms with Crippen LogP contribution in [0.15, 0.2) is 22.7 Å². The van der Waals surface area contributed by atoms with E-state index in [4.69, 9.17) is 0 Å². The van der Waals surface area contributed by atoms with Crippen molar-refractivity contribution in [2.45, 2.75) is 38.1 Å². The van der Waals surface area contributed by atoms with Gasteiger partial charge in [-0.3, -0.25) is 4.79 Å².